The van der Waals surface area contributed by atoms with Crippen LogP contribution >= 0.6 is 11.6 Å². The first kappa shape index (κ1) is 18.7. The summed E-state index contributed by atoms with van der Waals surface area (Å²) in [5.41, 5.74) is 0.727. The van der Waals surface area contributed by atoms with Gasteiger partial charge in [-0.1, -0.05) is 23.7 Å². The number of halogens is 2. The molecule has 2 heterocycles. The van der Waals surface area contributed by atoms with Crippen molar-refractivity contribution in [3.8, 4) is 0 Å². The number of likely N-dealkylation sites (N-methyl/N-ethyl adjacent to an activating group) is 1. The molecule has 28 heavy (non-hydrogen) atoms. The van der Waals surface area contributed by atoms with Crippen LogP contribution in [-0.4, -0.2) is 42.9 Å². The van der Waals surface area contributed by atoms with Crippen molar-refractivity contribution in [1.29, 1.82) is 0 Å². The van der Waals surface area contributed by atoms with Crippen LogP contribution < -0.4 is 5.43 Å². The molecule has 0 bridgehead atoms. The van der Waals surface area contributed by atoms with E-state index >= 15 is 0 Å². The van der Waals surface area contributed by atoms with Gasteiger partial charge in [0.05, 0.1) is 17.0 Å². The van der Waals surface area contributed by atoms with E-state index in [2.05, 4.69) is 0 Å². The molecule has 7 heteroatoms. The van der Waals surface area contributed by atoms with Gasteiger partial charge in [0.15, 0.2) is 5.43 Å². The van der Waals surface area contributed by atoms with Gasteiger partial charge < -0.3 is 14.2 Å². The van der Waals surface area contributed by atoms with Gasteiger partial charge in [0.25, 0.3) is 5.91 Å². The lowest BCUT2D eigenvalue weighted by atomic mass is 9.98. The number of hydrogen-bond acceptors (Lipinski definition) is 4. The summed E-state index contributed by atoms with van der Waals surface area (Å²) in [6.45, 7) is 1.01. The van der Waals surface area contributed by atoms with Crippen LogP contribution in [0.1, 0.15) is 27.7 Å². The molecule has 0 aliphatic carbocycles. The number of benzene rings is 2. The Bertz CT molecular complexity index is 1140. The van der Waals surface area contributed by atoms with E-state index in [1.54, 1.807) is 23.1 Å². The van der Waals surface area contributed by atoms with Crippen molar-refractivity contribution in [3.63, 3.8) is 0 Å². The second-order valence-corrected chi connectivity index (χ2v) is 7.51. The number of rotatable bonds is 4. The molecule has 1 unspecified atom stereocenters. The van der Waals surface area contributed by atoms with Gasteiger partial charge in [-0.3, -0.25) is 9.59 Å². The molecular weight excluding hydrogens is 383 g/mol. The number of hydrogen-bond donors (Lipinski definition) is 0. The molecule has 1 aliphatic heterocycles. The lowest BCUT2D eigenvalue weighted by Gasteiger charge is -2.26. The summed E-state index contributed by atoms with van der Waals surface area (Å²) < 4.78 is 19.5. The zero-order chi connectivity index (χ0) is 20.0. The highest BCUT2D eigenvalue weighted by molar-refractivity contribution is 6.30. The largest absolute Gasteiger partial charge is 0.450 e. The van der Waals surface area contributed by atoms with Gasteiger partial charge >= 0.3 is 0 Å². The van der Waals surface area contributed by atoms with Gasteiger partial charge in [0, 0.05) is 18.1 Å². The Hall–Kier alpha value is -2.70. The zero-order valence-electron chi connectivity index (χ0n) is 15.4. The van der Waals surface area contributed by atoms with Crippen molar-refractivity contribution in [2.45, 2.75) is 6.04 Å². The Balaban J connectivity index is 1.96. The minimum Gasteiger partial charge on any atom is -0.450 e. The van der Waals surface area contributed by atoms with Crippen LogP contribution in [0.2, 0.25) is 5.02 Å². The van der Waals surface area contributed by atoms with E-state index in [1.807, 2.05) is 25.1 Å². The molecule has 1 atom stereocenters. The molecule has 0 spiro atoms. The Kier molecular flexibility index (Phi) is 4.69. The monoisotopic (exact) mass is 400 g/mol. The van der Waals surface area contributed by atoms with E-state index in [0.717, 1.165) is 6.07 Å². The van der Waals surface area contributed by atoms with Crippen LogP contribution in [0.15, 0.2) is 51.7 Å². The summed E-state index contributed by atoms with van der Waals surface area (Å²) in [6.07, 6.45) is 0. The van der Waals surface area contributed by atoms with E-state index < -0.39 is 17.3 Å². The first-order valence-corrected chi connectivity index (χ1v) is 9.22. The number of nitrogens with zero attached hydrogens (tertiary/aromatic N) is 2. The molecule has 2 aromatic carbocycles. The quantitative estimate of drug-likeness (QED) is 0.670. The van der Waals surface area contributed by atoms with Crippen molar-refractivity contribution >= 4 is 28.5 Å². The minimum absolute atomic E-state index is 0.00726. The van der Waals surface area contributed by atoms with Gasteiger partial charge in [-0.2, -0.15) is 0 Å². The average molecular weight is 401 g/mol. The highest BCUT2D eigenvalue weighted by atomic mass is 35.5. The van der Waals surface area contributed by atoms with Crippen LogP contribution in [0.4, 0.5) is 4.39 Å². The van der Waals surface area contributed by atoms with Crippen molar-refractivity contribution in [1.82, 2.24) is 9.80 Å². The lowest BCUT2D eigenvalue weighted by molar-refractivity contribution is 0.0716. The fourth-order valence-electron chi connectivity index (χ4n) is 3.55. The molecule has 0 saturated carbocycles. The predicted octanol–water partition coefficient (Wildman–Crippen LogP) is 3.69. The van der Waals surface area contributed by atoms with Crippen molar-refractivity contribution < 1.29 is 13.6 Å². The molecule has 1 aliphatic rings. The highest BCUT2D eigenvalue weighted by Gasteiger charge is 2.42. The fourth-order valence-corrected chi connectivity index (χ4v) is 3.75. The fraction of sp³-hybridized carbons (Fsp3) is 0.238. The molecule has 3 aromatic rings. The third-order valence-electron chi connectivity index (χ3n) is 4.88. The Morgan fingerprint density at radius 3 is 2.68 bits per heavy atom. The number of carbonyl (C=O) groups is 1. The maximum Gasteiger partial charge on any atom is 0.290 e. The Morgan fingerprint density at radius 1 is 1.18 bits per heavy atom. The lowest BCUT2D eigenvalue weighted by Crippen LogP contribution is -2.35. The summed E-state index contributed by atoms with van der Waals surface area (Å²) in [5, 5.41) is 0.621. The molecule has 1 aromatic heterocycles. The molecule has 1 amide bonds. The topological polar surface area (TPSA) is 53.8 Å². The molecule has 4 rings (SSSR count). The van der Waals surface area contributed by atoms with Crippen LogP contribution in [0.3, 0.4) is 0 Å². The van der Waals surface area contributed by atoms with Crippen molar-refractivity contribution in [2.75, 3.05) is 27.2 Å². The van der Waals surface area contributed by atoms with Crippen molar-refractivity contribution in [3.05, 3.63) is 80.4 Å². The van der Waals surface area contributed by atoms with Gasteiger partial charge in [0.1, 0.15) is 11.4 Å². The first-order chi connectivity index (χ1) is 13.4. The van der Waals surface area contributed by atoms with Crippen LogP contribution in [-0.2, 0) is 0 Å². The second-order valence-electron chi connectivity index (χ2n) is 7.07. The van der Waals surface area contributed by atoms with Gasteiger partial charge in [-0.05, 0) is 50.0 Å². The summed E-state index contributed by atoms with van der Waals surface area (Å²) in [6, 6.07) is 10.1. The maximum absolute atomic E-state index is 13.7. The summed E-state index contributed by atoms with van der Waals surface area (Å²) >= 11 is 6.15. The minimum atomic E-state index is -0.634. The molecule has 0 fully saturated rings. The van der Waals surface area contributed by atoms with Crippen LogP contribution in [0.5, 0.6) is 0 Å². The Morgan fingerprint density at radius 2 is 1.96 bits per heavy atom. The first-order valence-electron chi connectivity index (χ1n) is 8.84. The molecule has 0 N–H and O–H groups in total. The number of carbonyl (C=O) groups excluding carboxylic acids is 1. The average Bonchev–Trinajstić information content (AvgIpc) is 2.93. The van der Waals surface area contributed by atoms with Gasteiger partial charge in [-0.25, -0.2) is 4.39 Å². The van der Waals surface area contributed by atoms with Gasteiger partial charge in [-0.15, -0.1) is 0 Å². The van der Waals surface area contributed by atoms with Gasteiger partial charge in [0.2, 0.25) is 5.76 Å². The second kappa shape index (κ2) is 7.04. The summed E-state index contributed by atoms with van der Waals surface area (Å²) in [4.78, 5) is 29.9. The molecule has 0 radical (unpaired) electrons. The number of amides is 1. The third-order valence-corrected chi connectivity index (χ3v) is 5.12. The molecule has 5 nitrogen and oxygen atoms in total. The number of fused-ring (bicyclic) bond motifs is 2. The smallest absolute Gasteiger partial charge is 0.290 e. The Labute approximate surface area is 165 Å². The van der Waals surface area contributed by atoms with Crippen molar-refractivity contribution in [2.24, 2.45) is 0 Å². The molecule has 144 valence electrons. The summed E-state index contributed by atoms with van der Waals surface area (Å²) in [5.74, 6) is -0.883. The standard InChI is InChI=1S/C21H18ClFN2O3/c1-24(2)8-9-25-18(12-4-3-5-13(22)10-12)17-19(26)15-11-14(23)6-7-16(15)28-20(17)21(25)27/h3-7,10-11,18H,8-9H2,1-2H3. The van der Waals surface area contributed by atoms with E-state index in [0.29, 0.717) is 23.7 Å². The van der Waals surface area contributed by atoms with E-state index in [9.17, 15) is 14.0 Å². The normalized spacial score (nSPS) is 16.2. The van der Waals surface area contributed by atoms with E-state index in [4.69, 9.17) is 16.0 Å². The summed E-state index contributed by atoms with van der Waals surface area (Å²) in [7, 11) is 3.81. The highest BCUT2D eigenvalue weighted by Crippen LogP contribution is 2.38. The molecule has 0 saturated heterocycles. The maximum atomic E-state index is 13.7. The van der Waals surface area contributed by atoms with Crippen LogP contribution in [0.25, 0.3) is 11.0 Å². The van der Waals surface area contributed by atoms with E-state index in [-0.39, 0.29) is 28.2 Å². The van der Waals surface area contributed by atoms with E-state index in [1.165, 1.54) is 12.1 Å². The van der Waals surface area contributed by atoms with Crippen LogP contribution in [0, 0.1) is 5.82 Å². The predicted molar refractivity (Wildman–Crippen MR) is 105 cm³/mol. The third kappa shape index (κ3) is 3.08. The SMILES string of the molecule is CN(C)CCN1C(=O)c2oc3ccc(F)cc3c(=O)c2C1c1cccc(Cl)c1. The zero-order valence-corrected chi connectivity index (χ0v) is 16.2. The molecular formula is C21H18ClFN2O3.